The van der Waals surface area contributed by atoms with E-state index in [1.165, 1.54) is 11.1 Å². The van der Waals surface area contributed by atoms with Crippen molar-refractivity contribution < 1.29 is 0 Å². The molecule has 0 aliphatic carbocycles. The standard InChI is InChI=1S/C16H18N4/c1-3-14(13-7-5-4-6-8-13)17-16-18-15-11-12(2)9-10-20(15)19-16/h4-11,14H,3H2,1-2H3,(H,17,19). The van der Waals surface area contributed by atoms with Crippen molar-refractivity contribution >= 4 is 11.6 Å². The molecular formula is C16H18N4. The smallest absolute Gasteiger partial charge is 0.243 e. The topological polar surface area (TPSA) is 42.2 Å². The SMILES string of the molecule is CCC(Nc1nc2cc(C)ccn2n1)c1ccccc1. The first-order valence-electron chi connectivity index (χ1n) is 6.91. The first-order valence-corrected chi connectivity index (χ1v) is 6.91. The molecule has 0 radical (unpaired) electrons. The van der Waals surface area contributed by atoms with Crippen molar-refractivity contribution in [3.63, 3.8) is 0 Å². The number of aromatic nitrogens is 3. The van der Waals surface area contributed by atoms with Gasteiger partial charge in [0.05, 0.1) is 6.04 Å². The lowest BCUT2D eigenvalue weighted by atomic mass is 10.1. The third-order valence-corrected chi connectivity index (χ3v) is 3.41. The second-order valence-electron chi connectivity index (χ2n) is 4.96. The molecule has 0 aliphatic heterocycles. The number of aryl methyl sites for hydroxylation is 1. The molecule has 3 rings (SSSR count). The fourth-order valence-corrected chi connectivity index (χ4v) is 2.31. The van der Waals surface area contributed by atoms with Gasteiger partial charge in [-0.05, 0) is 36.6 Å². The summed E-state index contributed by atoms with van der Waals surface area (Å²) in [5.41, 5.74) is 3.31. The molecule has 1 aromatic carbocycles. The molecule has 0 saturated carbocycles. The molecular weight excluding hydrogens is 248 g/mol. The Balaban J connectivity index is 1.87. The highest BCUT2D eigenvalue weighted by atomic mass is 15.3. The van der Waals surface area contributed by atoms with Gasteiger partial charge in [-0.2, -0.15) is 4.98 Å². The van der Waals surface area contributed by atoms with Crippen molar-refractivity contribution in [3.05, 3.63) is 59.8 Å². The highest BCUT2D eigenvalue weighted by Gasteiger charge is 2.11. The van der Waals surface area contributed by atoms with Crippen LogP contribution in [-0.4, -0.2) is 14.6 Å². The van der Waals surface area contributed by atoms with Crippen molar-refractivity contribution in [2.24, 2.45) is 0 Å². The van der Waals surface area contributed by atoms with Crippen LogP contribution < -0.4 is 5.32 Å². The van der Waals surface area contributed by atoms with Crippen molar-refractivity contribution in [3.8, 4) is 0 Å². The molecule has 0 saturated heterocycles. The normalized spacial score (nSPS) is 12.5. The Labute approximate surface area is 118 Å². The first-order chi connectivity index (χ1) is 9.76. The third-order valence-electron chi connectivity index (χ3n) is 3.41. The molecule has 4 nitrogen and oxygen atoms in total. The summed E-state index contributed by atoms with van der Waals surface area (Å²) < 4.78 is 1.80. The van der Waals surface area contributed by atoms with E-state index < -0.39 is 0 Å². The van der Waals surface area contributed by atoms with E-state index in [9.17, 15) is 0 Å². The Kier molecular flexibility index (Phi) is 3.37. The van der Waals surface area contributed by atoms with Crippen LogP contribution in [0.1, 0.15) is 30.5 Å². The molecule has 0 aliphatic rings. The number of nitrogens with zero attached hydrogens (tertiary/aromatic N) is 3. The number of rotatable bonds is 4. The minimum atomic E-state index is 0.231. The summed E-state index contributed by atoms with van der Waals surface area (Å²) in [6, 6.07) is 14.7. The molecule has 1 atom stereocenters. The minimum Gasteiger partial charge on any atom is -0.346 e. The van der Waals surface area contributed by atoms with E-state index in [0.29, 0.717) is 5.95 Å². The van der Waals surface area contributed by atoms with Crippen LogP contribution >= 0.6 is 0 Å². The number of anilines is 1. The van der Waals surface area contributed by atoms with Gasteiger partial charge in [0, 0.05) is 6.20 Å². The molecule has 2 heterocycles. The van der Waals surface area contributed by atoms with Gasteiger partial charge >= 0.3 is 0 Å². The van der Waals surface area contributed by atoms with Crippen LogP contribution in [0.25, 0.3) is 5.65 Å². The van der Waals surface area contributed by atoms with E-state index >= 15 is 0 Å². The lowest BCUT2D eigenvalue weighted by Gasteiger charge is -2.15. The van der Waals surface area contributed by atoms with Gasteiger partial charge in [0.1, 0.15) is 0 Å². The van der Waals surface area contributed by atoms with Gasteiger partial charge in [-0.15, -0.1) is 5.10 Å². The van der Waals surface area contributed by atoms with Crippen LogP contribution in [0.2, 0.25) is 0 Å². The maximum absolute atomic E-state index is 4.53. The number of hydrogen-bond acceptors (Lipinski definition) is 3. The van der Waals surface area contributed by atoms with Crippen LogP contribution in [0.5, 0.6) is 0 Å². The molecule has 1 N–H and O–H groups in total. The van der Waals surface area contributed by atoms with Crippen LogP contribution in [0.15, 0.2) is 48.7 Å². The van der Waals surface area contributed by atoms with Crippen LogP contribution in [0, 0.1) is 6.92 Å². The third kappa shape index (κ3) is 2.50. The lowest BCUT2D eigenvalue weighted by Crippen LogP contribution is -2.10. The highest BCUT2D eigenvalue weighted by molar-refractivity contribution is 5.46. The molecule has 0 fully saturated rings. The number of pyridine rings is 1. The summed E-state index contributed by atoms with van der Waals surface area (Å²) in [7, 11) is 0. The minimum absolute atomic E-state index is 0.231. The van der Waals surface area contributed by atoms with E-state index in [-0.39, 0.29) is 6.04 Å². The van der Waals surface area contributed by atoms with E-state index in [2.05, 4.69) is 53.5 Å². The van der Waals surface area contributed by atoms with Crippen molar-refractivity contribution in [1.29, 1.82) is 0 Å². The summed E-state index contributed by atoms with van der Waals surface area (Å²) in [5.74, 6) is 0.673. The average Bonchev–Trinajstić information content (AvgIpc) is 2.87. The second kappa shape index (κ2) is 5.33. The molecule has 0 spiro atoms. The van der Waals surface area contributed by atoms with Crippen LogP contribution in [-0.2, 0) is 0 Å². The van der Waals surface area contributed by atoms with Gasteiger partial charge < -0.3 is 5.32 Å². The molecule has 2 aromatic heterocycles. The summed E-state index contributed by atoms with van der Waals surface area (Å²) >= 11 is 0. The Morgan fingerprint density at radius 2 is 2.00 bits per heavy atom. The molecule has 1 unspecified atom stereocenters. The fraction of sp³-hybridized carbons (Fsp3) is 0.250. The number of hydrogen-bond donors (Lipinski definition) is 1. The van der Waals surface area contributed by atoms with Gasteiger partial charge in [-0.3, -0.25) is 0 Å². The quantitative estimate of drug-likeness (QED) is 0.784. The molecule has 3 aromatic rings. The van der Waals surface area contributed by atoms with E-state index in [0.717, 1.165) is 12.1 Å². The van der Waals surface area contributed by atoms with Crippen molar-refractivity contribution in [2.45, 2.75) is 26.3 Å². The monoisotopic (exact) mass is 266 g/mol. The van der Waals surface area contributed by atoms with Gasteiger partial charge in [-0.25, -0.2) is 4.52 Å². The number of benzene rings is 1. The Morgan fingerprint density at radius 3 is 2.75 bits per heavy atom. The zero-order valence-electron chi connectivity index (χ0n) is 11.7. The summed E-state index contributed by atoms with van der Waals surface area (Å²) in [6.45, 7) is 4.21. The van der Waals surface area contributed by atoms with E-state index in [1.54, 1.807) is 4.52 Å². The van der Waals surface area contributed by atoms with Crippen LogP contribution in [0.4, 0.5) is 5.95 Å². The largest absolute Gasteiger partial charge is 0.346 e. The maximum Gasteiger partial charge on any atom is 0.243 e. The summed E-state index contributed by atoms with van der Waals surface area (Å²) in [5, 5.41) is 7.87. The predicted octanol–water partition coefficient (Wildman–Crippen LogP) is 3.60. The van der Waals surface area contributed by atoms with E-state index in [1.807, 2.05) is 24.4 Å². The van der Waals surface area contributed by atoms with Crippen LogP contribution in [0.3, 0.4) is 0 Å². The Bertz CT molecular complexity index is 703. The molecule has 0 bridgehead atoms. The molecule has 4 heteroatoms. The zero-order chi connectivity index (χ0) is 13.9. The fourth-order valence-electron chi connectivity index (χ4n) is 2.31. The second-order valence-corrected chi connectivity index (χ2v) is 4.96. The van der Waals surface area contributed by atoms with Gasteiger partial charge in [-0.1, -0.05) is 37.3 Å². The Morgan fingerprint density at radius 1 is 1.20 bits per heavy atom. The average molecular weight is 266 g/mol. The number of nitrogens with one attached hydrogen (secondary N) is 1. The molecule has 0 amide bonds. The number of fused-ring (bicyclic) bond motifs is 1. The molecule has 20 heavy (non-hydrogen) atoms. The van der Waals surface area contributed by atoms with E-state index in [4.69, 9.17) is 0 Å². The lowest BCUT2D eigenvalue weighted by molar-refractivity contribution is 0.737. The van der Waals surface area contributed by atoms with Gasteiger partial charge in [0.15, 0.2) is 5.65 Å². The van der Waals surface area contributed by atoms with Crippen molar-refractivity contribution in [1.82, 2.24) is 14.6 Å². The summed E-state index contributed by atoms with van der Waals surface area (Å²) in [6.07, 6.45) is 2.92. The Hall–Kier alpha value is -2.36. The summed E-state index contributed by atoms with van der Waals surface area (Å²) in [4.78, 5) is 4.53. The highest BCUT2D eigenvalue weighted by Crippen LogP contribution is 2.20. The van der Waals surface area contributed by atoms with Gasteiger partial charge in [0.2, 0.25) is 5.95 Å². The maximum atomic E-state index is 4.53. The molecule has 102 valence electrons. The zero-order valence-corrected chi connectivity index (χ0v) is 11.7. The predicted molar refractivity (Wildman–Crippen MR) is 80.8 cm³/mol. The van der Waals surface area contributed by atoms with Gasteiger partial charge in [0.25, 0.3) is 0 Å². The van der Waals surface area contributed by atoms with Crippen molar-refractivity contribution in [2.75, 3.05) is 5.32 Å². The first kappa shape index (κ1) is 12.7.